The van der Waals surface area contributed by atoms with Gasteiger partial charge in [0.05, 0.1) is 17.9 Å². The van der Waals surface area contributed by atoms with Crippen LogP contribution >= 0.6 is 0 Å². The second kappa shape index (κ2) is 4.77. The molecule has 0 atom stereocenters. The number of rotatable bonds is 1. The van der Waals surface area contributed by atoms with Gasteiger partial charge in [0.25, 0.3) is 0 Å². The highest BCUT2D eigenvalue weighted by Gasteiger charge is 2.03. The van der Waals surface area contributed by atoms with Crippen LogP contribution in [-0.2, 0) is 6.67 Å². The van der Waals surface area contributed by atoms with Gasteiger partial charge in [-0.3, -0.25) is 4.68 Å². The van der Waals surface area contributed by atoms with Crippen molar-refractivity contribution in [3.63, 3.8) is 0 Å². The van der Waals surface area contributed by atoms with Gasteiger partial charge in [-0.1, -0.05) is 32.0 Å². The minimum Gasteiger partial charge on any atom is -0.312 e. The zero-order valence-electron chi connectivity index (χ0n) is 8.99. The molecule has 1 heterocycles. The summed E-state index contributed by atoms with van der Waals surface area (Å²) in [5.74, 6) is 0. The number of aryl methyl sites for hydroxylation is 1. The number of para-hydroxylation sites is 1. The smallest absolute Gasteiger partial charge is 0.0886 e. The average molecular weight is 191 g/mol. The largest absolute Gasteiger partial charge is 0.312 e. The Morgan fingerprint density at radius 2 is 1.93 bits per heavy atom. The molecule has 3 heteroatoms. The summed E-state index contributed by atoms with van der Waals surface area (Å²) < 4.78 is 1.81. The van der Waals surface area contributed by atoms with Crippen molar-refractivity contribution >= 4 is 10.9 Å². The van der Waals surface area contributed by atoms with E-state index in [2.05, 4.69) is 11.2 Å². The van der Waals surface area contributed by atoms with Crippen LogP contribution in [0.4, 0.5) is 0 Å². The highest BCUT2D eigenvalue weighted by molar-refractivity contribution is 5.81. The number of nitrogens with zero attached hydrogens (tertiary/aromatic N) is 2. The van der Waals surface area contributed by atoms with Crippen LogP contribution < -0.4 is 5.73 Å². The second-order valence-corrected chi connectivity index (χ2v) is 2.78. The summed E-state index contributed by atoms with van der Waals surface area (Å²) in [6.07, 6.45) is 0. The van der Waals surface area contributed by atoms with Crippen molar-refractivity contribution in [2.24, 2.45) is 5.73 Å². The molecule has 3 nitrogen and oxygen atoms in total. The van der Waals surface area contributed by atoms with Crippen LogP contribution in [0, 0.1) is 6.92 Å². The summed E-state index contributed by atoms with van der Waals surface area (Å²) in [6.45, 7) is 6.43. The van der Waals surface area contributed by atoms with E-state index in [0.717, 1.165) is 11.2 Å². The zero-order chi connectivity index (χ0) is 10.6. The first-order valence-electron chi connectivity index (χ1n) is 4.95. The fraction of sp³-hybridized carbons (Fsp3) is 0.364. The van der Waals surface area contributed by atoms with Crippen LogP contribution in [-0.4, -0.2) is 9.78 Å². The third-order valence-electron chi connectivity index (χ3n) is 2.02. The van der Waals surface area contributed by atoms with E-state index in [1.165, 1.54) is 5.39 Å². The van der Waals surface area contributed by atoms with Gasteiger partial charge in [0, 0.05) is 5.39 Å². The second-order valence-electron chi connectivity index (χ2n) is 2.78. The monoisotopic (exact) mass is 191 g/mol. The summed E-state index contributed by atoms with van der Waals surface area (Å²) in [4.78, 5) is 0. The van der Waals surface area contributed by atoms with E-state index in [1.807, 2.05) is 43.7 Å². The van der Waals surface area contributed by atoms with Crippen molar-refractivity contribution < 1.29 is 0 Å². The predicted octanol–water partition coefficient (Wildman–Crippen LogP) is 2.29. The molecule has 0 fully saturated rings. The van der Waals surface area contributed by atoms with E-state index in [9.17, 15) is 0 Å². The first-order chi connectivity index (χ1) is 6.83. The Kier molecular flexibility index (Phi) is 3.65. The van der Waals surface area contributed by atoms with Gasteiger partial charge in [-0.2, -0.15) is 5.10 Å². The Hall–Kier alpha value is -1.35. The maximum Gasteiger partial charge on any atom is 0.0886 e. The Morgan fingerprint density at radius 1 is 1.29 bits per heavy atom. The highest BCUT2D eigenvalue weighted by Crippen LogP contribution is 2.16. The van der Waals surface area contributed by atoms with E-state index < -0.39 is 0 Å². The van der Waals surface area contributed by atoms with Crippen molar-refractivity contribution in [2.75, 3.05) is 0 Å². The molecule has 1 aromatic heterocycles. The molecule has 0 aliphatic carbocycles. The summed E-state index contributed by atoms with van der Waals surface area (Å²) >= 11 is 0. The van der Waals surface area contributed by atoms with Crippen LogP contribution in [0.3, 0.4) is 0 Å². The molecule has 0 amide bonds. The summed E-state index contributed by atoms with van der Waals surface area (Å²) in [5.41, 5.74) is 7.68. The van der Waals surface area contributed by atoms with Crippen LogP contribution in [0.5, 0.6) is 0 Å². The van der Waals surface area contributed by atoms with Crippen molar-refractivity contribution in [2.45, 2.75) is 27.4 Å². The van der Waals surface area contributed by atoms with Gasteiger partial charge in [0.15, 0.2) is 0 Å². The van der Waals surface area contributed by atoms with Gasteiger partial charge < -0.3 is 5.73 Å². The van der Waals surface area contributed by atoms with Gasteiger partial charge in [0.2, 0.25) is 0 Å². The minimum absolute atomic E-state index is 0.439. The van der Waals surface area contributed by atoms with Gasteiger partial charge in [-0.15, -0.1) is 0 Å². The molecule has 76 valence electrons. The topological polar surface area (TPSA) is 43.8 Å². The normalized spacial score (nSPS) is 9.71. The first-order valence-corrected chi connectivity index (χ1v) is 4.95. The number of aromatic nitrogens is 2. The fourth-order valence-electron chi connectivity index (χ4n) is 1.43. The molecule has 0 unspecified atom stereocenters. The number of hydrogen-bond acceptors (Lipinski definition) is 2. The zero-order valence-corrected chi connectivity index (χ0v) is 8.99. The molecule has 0 aliphatic heterocycles. The SMILES string of the molecule is CC.Cc1nn(CN)c2ccccc12. The number of fused-ring (bicyclic) bond motifs is 1. The third-order valence-corrected chi connectivity index (χ3v) is 2.02. The average Bonchev–Trinajstić information content (AvgIpc) is 2.59. The Balaban J connectivity index is 0.000000461. The number of hydrogen-bond donors (Lipinski definition) is 1. The van der Waals surface area contributed by atoms with Gasteiger partial charge in [0.1, 0.15) is 0 Å². The quantitative estimate of drug-likeness (QED) is 0.751. The lowest BCUT2D eigenvalue weighted by Crippen LogP contribution is -2.08. The number of benzene rings is 1. The third kappa shape index (κ3) is 1.77. The van der Waals surface area contributed by atoms with Crippen LogP contribution in [0.15, 0.2) is 24.3 Å². The summed E-state index contributed by atoms with van der Waals surface area (Å²) in [7, 11) is 0. The molecular formula is C11H17N3. The van der Waals surface area contributed by atoms with Crippen LogP contribution in [0.25, 0.3) is 10.9 Å². The molecule has 0 spiro atoms. The van der Waals surface area contributed by atoms with Crippen LogP contribution in [0.2, 0.25) is 0 Å². The van der Waals surface area contributed by atoms with Crippen LogP contribution in [0.1, 0.15) is 19.5 Å². The summed E-state index contributed by atoms with van der Waals surface area (Å²) in [5, 5.41) is 5.48. The summed E-state index contributed by atoms with van der Waals surface area (Å²) in [6, 6.07) is 8.10. The molecule has 0 aliphatic rings. The van der Waals surface area contributed by atoms with Crippen molar-refractivity contribution in [3.8, 4) is 0 Å². The van der Waals surface area contributed by atoms with Gasteiger partial charge in [-0.25, -0.2) is 0 Å². The van der Waals surface area contributed by atoms with Crippen molar-refractivity contribution in [1.82, 2.24) is 9.78 Å². The molecule has 0 saturated heterocycles. The maximum atomic E-state index is 5.53. The van der Waals surface area contributed by atoms with E-state index >= 15 is 0 Å². The molecule has 2 N–H and O–H groups in total. The lowest BCUT2D eigenvalue weighted by molar-refractivity contribution is 0.654. The molecule has 2 rings (SSSR count). The van der Waals surface area contributed by atoms with E-state index in [0.29, 0.717) is 6.67 Å². The lowest BCUT2D eigenvalue weighted by atomic mass is 10.2. The molecule has 1 aromatic carbocycles. The van der Waals surface area contributed by atoms with Crippen molar-refractivity contribution in [3.05, 3.63) is 30.0 Å². The highest BCUT2D eigenvalue weighted by atomic mass is 15.3. The van der Waals surface area contributed by atoms with E-state index in [-0.39, 0.29) is 0 Å². The Morgan fingerprint density at radius 3 is 2.57 bits per heavy atom. The molecule has 0 bridgehead atoms. The standard InChI is InChI=1S/C9H11N3.C2H6/c1-7-8-4-2-3-5-9(8)12(6-10)11-7;1-2/h2-5H,6,10H2,1H3;1-2H3. The van der Waals surface area contributed by atoms with E-state index in [1.54, 1.807) is 0 Å². The Bertz CT molecular complexity index is 404. The maximum absolute atomic E-state index is 5.53. The molecular weight excluding hydrogens is 174 g/mol. The molecule has 0 saturated carbocycles. The van der Waals surface area contributed by atoms with Crippen molar-refractivity contribution in [1.29, 1.82) is 0 Å². The minimum atomic E-state index is 0.439. The Labute approximate surface area is 84.5 Å². The first kappa shape index (κ1) is 10.7. The molecule has 14 heavy (non-hydrogen) atoms. The lowest BCUT2D eigenvalue weighted by Gasteiger charge is -1.95. The van der Waals surface area contributed by atoms with Gasteiger partial charge in [-0.05, 0) is 13.0 Å². The van der Waals surface area contributed by atoms with E-state index in [4.69, 9.17) is 5.73 Å². The number of nitrogens with two attached hydrogens (primary N) is 1. The fourth-order valence-corrected chi connectivity index (χ4v) is 1.43. The predicted molar refractivity (Wildman–Crippen MR) is 60.0 cm³/mol. The molecule has 0 radical (unpaired) electrons. The van der Waals surface area contributed by atoms with Gasteiger partial charge >= 0.3 is 0 Å². The molecule has 2 aromatic rings.